The second kappa shape index (κ2) is 13.2. The van der Waals surface area contributed by atoms with E-state index >= 15 is 0 Å². The number of rotatable bonds is 6. The van der Waals surface area contributed by atoms with Crippen molar-refractivity contribution in [3.05, 3.63) is 42.0 Å². The number of hydrogen-bond donors (Lipinski definition) is 4. The van der Waals surface area contributed by atoms with Gasteiger partial charge in [0.15, 0.2) is 23.8 Å². The lowest BCUT2D eigenvalue weighted by atomic mass is 9.94. The average Bonchev–Trinajstić information content (AvgIpc) is 3.58. The molecule has 2 fully saturated rings. The number of nitrogen functional groups attached to an aromatic ring is 1. The number of anilines is 1. The monoisotopic (exact) mass is 607 g/mol. The number of ether oxygens (including phenoxy) is 3. The van der Waals surface area contributed by atoms with Crippen LogP contribution in [0.3, 0.4) is 0 Å². The fourth-order valence-electron chi connectivity index (χ4n) is 5.10. The lowest BCUT2D eigenvalue weighted by Crippen LogP contribution is -2.42. The number of hydrogen-bond acceptors (Lipinski definition) is 12. The van der Waals surface area contributed by atoms with Gasteiger partial charge < -0.3 is 40.4 Å². The highest BCUT2D eigenvalue weighted by Gasteiger charge is 2.47. The molecule has 2 amide bonds. The number of aliphatic hydroxyl groups is 2. The van der Waals surface area contributed by atoms with Crippen molar-refractivity contribution in [1.29, 1.82) is 0 Å². The molecule has 2 saturated heterocycles. The van der Waals surface area contributed by atoms with Crippen LogP contribution in [0, 0.1) is 17.8 Å². The highest BCUT2D eigenvalue weighted by Crippen LogP contribution is 2.32. The van der Waals surface area contributed by atoms with E-state index in [1.165, 1.54) is 30.1 Å². The van der Waals surface area contributed by atoms with Crippen LogP contribution in [0.5, 0.6) is 5.75 Å². The van der Waals surface area contributed by atoms with Crippen LogP contribution in [0.4, 0.5) is 10.6 Å². The zero-order valence-corrected chi connectivity index (χ0v) is 24.2. The van der Waals surface area contributed by atoms with Gasteiger partial charge in [0, 0.05) is 26.1 Å². The first kappa shape index (κ1) is 30.7. The number of carbonyl (C=O) groups excluding carboxylic acids is 3. The number of carbonyl (C=O) groups is 3. The molecule has 2 aliphatic rings. The Hall–Kier alpha value is -4.78. The molecular formula is C29H33N7O8. The van der Waals surface area contributed by atoms with Gasteiger partial charge in [0.25, 0.3) is 5.91 Å². The van der Waals surface area contributed by atoms with Crippen LogP contribution in [-0.4, -0.2) is 97.7 Å². The normalized spacial score (nSPS) is 21.9. The minimum Gasteiger partial charge on any atom is -0.465 e. The third-order valence-electron chi connectivity index (χ3n) is 7.51. The van der Waals surface area contributed by atoms with E-state index in [1.807, 2.05) is 0 Å². The third kappa shape index (κ3) is 6.42. The number of fused-ring (bicyclic) bond motifs is 1. The second-order valence-corrected chi connectivity index (χ2v) is 10.4. The van der Waals surface area contributed by atoms with Crippen molar-refractivity contribution in [1.82, 2.24) is 29.7 Å². The third-order valence-corrected chi connectivity index (χ3v) is 7.51. The molecule has 5 rings (SSSR count). The number of aromatic nitrogens is 4. The van der Waals surface area contributed by atoms with Gasteiger partial charge in [-0.1, -0.05) is 5.92 Å². The molecule has 1 aromatic carbocycles. The van der Waals surface area contributed by atoms with E-state index < -0.39 is 42.5 Å². The predicted octanol–water partition coefficient (Wildman–Crippen LogP) is 0.603. The van der Waals surface area contributed by atoms with Gasteiger partial charge in [-0.3, -0.25) is 9.36 Å². The SMILES string of the molecule is CCNC(=O)[C@H]1O[C@@H](n2cnc3c(N)nc(C#CCC4CCN(C(=O)Oc5ccc(C(=O)OC)cc5)CC4)nc32)[C@@H](O)C1O. The molecule has 0 spiro atoms. The lowest BCUT2D eigenvalue weighted by Gasteiger charge is -2.30. The number of likely N-dealkylation sites (tertiary alicyclic amines) is 1. The van der Waals surface area contributed by atoms with E-state index in [-0.39, 0.29) is 28.7 Å². The van der Waals surface area contributed by atoms with Crippen LogP contribution in [0.25, 0.3) is 11.2 Å². The van der Waals surface area contributed by atoms with Gasteiger partial charge in [-0.05, 0) is 55.9 Å². The molecule has 0 radical (unpaired) electrons. The fourth-order valence-corrected chi connectivity index (χ4v) is 5.10. The lowest BCUT2D eigenvalue weighted by molar-refractivity contribution is -0.137. The summed E-state index contributed by atoms with van der Waals surface area (Å²) in [7, 11) is 1.30. The zero-order valence-electron chi connectivity index (χ0n) is 24.2. The minimum absolute atomic E-state index is 0.0816. The maximum absolute atomic E-state index is 12.6. The largest absolute Gasteiger partial charge is 0.465 e. The Balaban J connectivity index is 1.18. The Morgan fingerprint density at radius 3 is 2.55 bits per heavy atom. The number of likely N-dealkylation sites (N-methyl/N-ethyl adjacent to an activating group) is 1. The summed E-state index contributed by atoms with van der Waals surface area (Å²) in [5.74, 6) is 5.81. The number of methoxy groups -OCH3 is 1. The number of nitrogens with two attached hydrogens (primary N) is 1. The first-order valence-corrected chi connectivity index (χ1v) is 14.1. The number of amides is 2. The molecule has 2 aliphatic heterocycles. The Morgan fingerprint density at radius 2 is 1.86 bits per heavy atom. The van der Waals surface area contributed by atoms with Crippen molar-refractivity contribution in [2.45, 2.75) is 50.7 Å². The predicted molar refractivity (Wildman–Crippen MR) is 154 cm³/mol. The van der Waals surface area contributed by atoms with Crippen molar-refractivity contribution in [2.75, 3.05) is 32.5 Å². The van der Waals surface area contributed by atoms with Gasteiger partial charge in [-0.15, -0.1) is 0 Å². The second-order valence-electron chi connectivity index (χ2n) is 10.4. The molecular weight excluding hydrogens is 574 g/mol. The molecule has 0 aliphatic carbocycles. The number of nitrogens with zero attached hydrogens (tertiary/aromatic N) is 5. The number of piperidine rings is 1. The summed E-state index contributed by atoms with van der Waals surface area (Å²) in [4.78, 5) is 51.0. The van der Waals surface area contributed by atoms with Gasteiger partial charge in [0.05, 0.1) is 19.0 Å². The molecule has 232 valence electrons. The van der Waals surface area contributed by atoms with E-state index in [0.717, 1.165) is 12.8 Å². The topological polar surface area (TPSA) is 204 Å². The van der Waals surface area contributed by atoms with E-state index in [2.05, 4.69) is 36.8 Å². The molecule has 15 heteroatoms. The van der Waals surface area contributed by atoms with Crippen LogP contribution in [-0.2, 0) is 14.3 Å². The Bertz CT molecular complexity index is 1590. The number of esters is 1. The first-order valence-electron chi connectivity index (χ1n) is 14.1. The summed E-state index contributed by atoms with van der Waals surface area (Å²) < 4.78 is 17.2. The number of imidazole rings is 1. The summed E-state index contributed by atoms with van der Waals surface area (Å²) in [6, 6.07) is 6.14. The maximum Gasteiger partial charge on any atom is 0.415 e. The van der Waals surface area contributed by atoms with Gasteiger partial charge in [0.2, 0.25) is 5.82 Å². The average molecular weight is 608 g/mol. The molecule has 0 saturated carbocycles. The molecule has 4 heterocycles. The number of aliphatic hydroxyl groups excluding tert-OH is 2. The summed E-state index contributed by atoms with van der Waals surface area (Å²) in [6.45, 7) is 3.09. The molecule has 44 heavy (non-hydrogen) atoms. The van der Waals surface area contributed by atoms with Gasteiger partial charge in [0.1, 0.15) is 23.5 Å². The standard InChI is InChI=1S/C29H33N7O8/c1-3-31-26(39)23-21(37)22(38)27(44-23)36-15-32-20-24(30)33-19(34-25(20)36)6-4-5-16-11-13-35(14-12-16)29(41)43-18-9-7-17(8-10-18)28(40)42-2/h7-10,15-16,21-23,27,37-38H,3,5,11-14H2,1-2H3,(H,31,39)(H2,30,33,34)/t21?,22-,23-,27+/m0/s1. The quantitative estimate of drug-likeness (QED) is 0.225. The number of nitrogens with one attached hydrogen (secondary N) is 1. The summed E-state index contributed by atoms with van der Waals surface area (Å²) in [6.07, 6.45) is -2.37. The van der Waals surface area contributed by atoms with Crippen LogP contribution >= 0.6 is 0 Å². The smallest absolute Gasteiger partial charge is 0.415 e. The highest BCUT2D eigenvalue weighted by atomic mass is 16.6. The van der Waals surface area contributed by atoms with Crippen LogP contribution in [0.2, 0.25) is 0 Å². The molecule has 3 aromatic rings. The summed E-state index contributed by atoms with van der Waals surface area (Å²) in [5.41, 5.74) is 6.97. The molecule has 2 aromatic heterocycles. The molecule has 5 N–H and O–H groups in total. The summed E-state index contributed by atoms with van der Waals surface area (Å²) >= 11 is 0. The van der Waals surface area contributed by atoms with Gasteiger partial charge in [-0.2, -0.15) is 0 Å². The van der Waals surface area contributed by atoms with E-state index in [1.54, 1.807) is 24.0 Å². The van der Waals surface area contributed by atoms with E-state index in [0.29, 0.717) is 37.4 Å². The van der Waals surface area contributed by atoms with Crippen molar-refractivity contribution < 1.29 is 38.8 Å². The zero-order chi connectivity index (χ0) is 31.4. The summed E-state index contributed by atoms with van der Waals surface area (Å²) in [5, 5.41) is 23.6. The molecule has 4 atom stereocenters. The van der Waals surface area contributed by atoms with E-state index in [9.17, 15) is 24.6 Å². The van der Waals surface area contributed by atoms with Crippen molar-refractivity contribution >= 4 is 35.0 Å². The van der Waals surface area contributed by atoms with E-state index in [4.69, 9.17) is 15.2 Å². The van der Waals surface area contributed by atoms with Crippen molar-refractivity contribution in [3.8, 4) is 17.6 Å². The van der Waals surface area contributed by atoms with Crippen LogP contribution < -0.4 is 15.8 Å². The minimum atomic E-state index is -1.45. The van der Waals surface area contributed by atoms with Gasteiger partial charge in [-0.25, -0.2) is 24.5 Å². The Morgan fingerprint density at radius 1 is 1.14 bits per heavy atom. The molecule has 0 bridgehead atoms. The Labute approximate surface area is 252 Å². The van der Waals surface area contributed by atoms with Crippen LogP contribution in [0.1, 0.15) is 48.6 Å². The van der Waals surface area contributed by atoms with Crippen molar-refractivity contribution in [3.63, 3.8) is 0 Å². The fraction of sp³-hybridized carbons (Fsp3) is 0.448. The first-order chi connectivity index (χ1) is 21.2. The maximum atomic E-state index is 12.6. The van der Waals surface area contributed by atoms with Crippen molar-refractivity contribution in [2.24, 2.45) is 5.92 Å². The highest BCUT2D eigenvalue weighted by molar-refractivity contribution is 5.89. The molecule has 15 nitrogen and oxygen atoms in total. The Kier molecular flexibility index (Phi) is 9.23. The molecule has 1 unspecified atom stereocenters. The van der Waals surface area contributed by atoms with Crippen LogP contribution in [0.15, 0.2) is 30.6 Å². The number of benzene rings is 1. The van der Waals surface area contributed by atoms with Gasteiger partial charge >= 0.3 is 12.1 Å².